The van der Waals surface area contributed by atoms with E-state index in [-0.39, 0.29) is 11.9 Å². The molecule has 0 spiro atoms. The molecule has 1 N–H and O–H groups in total. The van der Waals surface area contributed by atoms with E-state index in [4.69, 9.17) is 11.6 Å². The summed E-state index contributed by atoms with van der Waals surface area (Å²) in [5.74, 6) is -0.260. The van der Waals surface area contributed by atoms with Crippen LogP contribution in [0.1, 0.15) is 22.7 Å². The second-order valence-electron chi connectivity index (χ2n) is 4.84. The number of rotatable bonds is 4. The highest BCUT2D eigenvalue weighted by atomic mass is 79.9. The predicted molar refractivity (Wildman–Crippen MR) is 85.8 cm³/mol. The summed E-state index contributed by atoms with van der Waals surface area (Å²) in [6.07, 6.45) is 0.579. The fraction of sp³-hybridized carbons (Fsp3) is 0.250. The first-order chi connectivity index (χ1) is 9.49. The van der Waals surface area contributed by atoms with Crippen molar-refractivity contribution in [1.29, 1.82) is 0 Å². The maximum atomic E-state index is 13.9. The van der Waals surface area contributed by atoms with E-state index in [0.29, 0.717) is 17.0 Å². The van der Waals surface area contributed by atoms with Crippen molar-refractivity contribution in [3.8, 4) is 0 Å². The molecule has 2 aromatic rings. The normalized spacial score (nSPS) is 12.4. The van der Waals surface area contributed by atoms with Crippen molar-refractivity contribution in [2.45, 2.75) is 19.4 Å². The minimum absolute atomic E-state index is 0.0573. The van der Waals surface area contributed by atoms with Gasteiger partial charge in [0.15, 0.2) is 0 Å². The third-order valence-corrected chi connectivity index (χ3v) is 3.95. The van der Waals surface area contributed by atoms with E-state index < -0.39 is 0 Å². The lowest BCUT2D eigenvalue weighted by molar-refractivity contribution is 0.554. The van der Waals surface area contributed by atoms with Gasteiger partial charge in [-0.15, -0.1) is 0 Å². The maximum absolute atomic E-state index is 13.9. The van der Waals surface area contributed by atoms with Crippen LogP contribution in [-0.2, 0) is 6.42 Å². The van der Waals surface area contributed by atoms with Crippen LogP contribution in [0.4, 0.5) is 4.39 Å². The van der Waals surface area contributed by atoms with Gasteiger partial charge in [-0.25, -0.2) is 4.39 Å². The fourth-order valence-corrected chi connectivity index (χ4v) is 3.04. The van der Waals surface area contributed by atoms with Crippen molar-refractivity contribution in [3.63, 3.8) is 0 Å². The number of aryl methyl sites for hydroxylation is 1. The summed E-state index contributed by atoms with van der Waals surface area (Å²) in [6.45, 7) is 2.05. The average Bonchev–Trinajstić information content (AvgIpc) is 2.36. The Labute approximate surface area is 132 Å². The van der Waals surface area contributed by atoms with E-state index in [2.05, 4.69) is 39.4 Å². The van der Waals surface area contributed by atoms with E-state index in [9.17, 15) is 4.39 Å². The highest BCUT2D eigenvalue weighted by Gasteiger charge is 2.14. The smallest absolute Gasteiger partial charge is 0.127 e. The van der Waals surface area contributed by atoms with Crippen LogP contribution in [0.3, 0.4) is 0 Å². The minimum atomic E-state index is -0.260. The van der Waals surface area contributed by atoms with Crippen LogP contribution >= 0.6 is 27.5 Å². The first kappa shape index (κ1) is 15.5. The van der Waals surface area contributed by atoms with Crippen LogP contribution in [0.2, 0.25) is 5.02 Å². The highest BCUT2D eigenvalue weighted by Crippen LogP contribution is 2.25. The van der Waals surface area contributed by atoms with Crippen LogP contribution < -0.4 is 5.32 Å². The average molecular weight is 357 g/mol. The summed E-state index contributed by atoms with van der Waals surface area (Å²) in [7, 11) is 1.88. The number of nitrogens with one attached hydrogen (secondary N) is 1. The van der Waals surface area contributed by atoms with Gasteiger partial charge in [-0.05, 0) is 61.3 Å². The quantitative estimate of drug-likeness (QED) is 0.808. The molecule has 1 unspecified atom stereocenters. The van der Waals surface area contributed by atoms with Gasteiger partial charge in [0.1, 0.15) is 5.82 Å². The minimum Gasteiger partial charge on any atom is -0.313 e. The third kappa shape index (κ3) is 3.81. The zero-order valence-corrected chi connectivity index (χ0v) is 13.7. The molecule has 4 heteroatoms. The van der Waals surface area contributed by atoms with E-state index in [1.807, 2.05) is 14.0 Å². The number of hydrogen-bond acceptors (Lipinski definition) is 1. The molecule has 0 aromatic heterocycles. The summed E-state index contributed by atoms with van der Waals surface area (Å²) in [5, 5.41) is 3.66. The van der Waals surface area contributed by atoms with Crippen LogP contribution in [0.5, 0.6) is 0 Å². The van der Waals surface area contributed by atoms with Gasteiger partial charge in [0.05, 0.1) is 0 Å². The Balaban J connectivity index is 2.28. The molecule has 0 radical (unpaired) electrons. The van der Waals surface area contributed by atoms with Gasteiger partial charge in [-0.1, -0.05) is 39.7 Å². The molecule has 20 heavy (non-hydrogen) atoms. The second-order valence-corrected chi connectivity index (χ2v) is 6.20. The SMILES string of the molecule is CNC(Cc1ccc(Cl)cc1F)c1cc(C)cc(Br)c1. The molecule has 1 nitrogen and oxygen atoms in total. The Bertz CT molecular complexity index is 595. The van der Waals surface area contributed by atoms with Gasteiger partial charge in [0.2, 0.25) is 0 Å². The molecule has 1 atom stereocenters. The van der Waals surface area contributed by atoms with Crippen LogP contribution in [0.15, 0.2) is 40.9 Å². The van der Waals surface area contributed by atoms with Crippen LogP contribution in [0, 0.1) is 12.7 Å². The molecular weight excluding hydrogens is 341 g/mol. The Hall–Kier alpha value is -0.900. The molecule has 0 aliphatic rings. The molecule has 2 rings (SSSR count). The molecular formula is C16H16BrClFN. The molecule has 0 aliphatic carbocycles. The Morgan fingerprint density at radius 1 is 1.25 bits per heavy atom. The Morgan fingerprint density at radius 3 is 2.60 bits per heavy atom. The van der Waals surface area contributed by atoms with Gasteiger partial charge in [-0.2, -0.15) is 0 Å². The number of halogens is 3. The zero-order chi connectivity index (χ0) is 14.7. The van der Waals surface area contributed by atoms with E-state index in [0.717, 1.165) is 10.0 Å². The van der Waals surface area contributed by atoms with Crippen molar-refractivity contribution in [2.75, 3.05) is 7.05 Å². The molecule has 0 saturated carbocycles. The first-order valence-electron chi connectivity index (χ1n) is 6.38. The van der Waals surface area contributed by atoms with Crippen molar-refractivity contribution in [1.82, 2.24) is 5.32 Å². The molecule has 0 aliphatic heterocycles. The topological polar surface area (TPSA) is 12.0 Å². The standard InChI is InChI=1S/C16H16BrClFN/c1-10-5-12(7-13(17)6-10)16(20-2)8-11-3-4-14(18)9-15(11)19/h3-7,9,16,20H,8H2,1-2H3. The summed E-state index contributed by atoms with van der Waals surface area (Å²) >= 11 is 9.28. The summed E-state index contributed by atoms with van der Waals surface area (Å²) in [5.41, 5.74) is 2.96. The summed E-state index contributed by atoms with van der Waals surface area (Å²) in [6, 6.07) is 11.1. The first-order valence-corrected chi connectivity index (χ1v) is 7.55. The Morgan fingerprint density at radius 2 is 2.00 bits per heavy atom. The molecule has 0 fully saturated rings. The Kier molecular flexibility index (Phi) is 5.19. The van der Waals surface area contributed by atoms with E-state index in [1.54, 1.807) is 12.1 Å². The number of benzene rings is 2. The molecule has 0 bridgehead atoms. The van der Waals surface area contributed by atoms with Crippen molar-refractivity contribution < 1.29 is 4.39 Å². The largest absolute Gasteiger partial charge is 0.313 e. The summed E-state index contributed by atoms with van der Waals surface area (Å²) < 4.78 is 14.9. The molecule has 0 saturated heterocycles. The number of likely N-dealkylation sites (N-methyl/N-ethyl adjacent to an activating group) is 1. The second kappa shape index (κ2) is 6.70. The maximum Gasteiger partial charge on any atom is 0.127 e. The third-order valence-electron chi connectivity index (χ3n) is 3.25. The molecule has 2 aromatic carbocycles. The zero-order valence-electron chi connectivity index (χ0n) is 11.4. The monoisotopic (exact) mass is 355 g/mol. The number of hydrogen-bond donors (Lipinski definition) is 1. The molecule has 0 heterocycles. The van der Waals surface area contributed by atoms with Gasteiger partial charge in [0.25, 0.3) is 0 Å². The summed E-state index contributed by atoms with van der Waals surface area (Å²) in [4.78, 5) is 0. The van der Waals surface area contributed by atoms with Gasteiger partial charge >= 0.3 is 0 Å². The van der Waals surface area contributed by atoms with Crippen LogP contribution in [-0.4, -0.2) is 7.05 Å². The van der Waals surface area contributed by atoms with Crippen molar-refractivity contribution >= 4 is 27.5 Å². The molecule has 0 amide bonds. The van der Waals surface area contributed by atoms with E-state index >= 15 is 0 Å². The fourth-order valence-electron chi connectivity index (χ4n) is 2.26. The van der Waals surface area contributed by atoms with Gasteiger partial charge < -0.3 is 5.32 Å². The molecule has 106 valence electrons. The lowest BCUT2D eigenvalue weighted by Gasteiger charge is -2.18. The van der Waals surface area contributed by atoms with Gasteiger partial charge in [0, 0.05) is 15.5 Å². The van der Waals surface area contributed by atoms with Gasteiger partial charge in [-0.3, -0.25) is 0 Å². The van der Waals surface area contributed by atoms with E-state index in [1.165, 1.54) is 11.6 Å². The highest BCUT2D eigenvalue weighted by molar-refractivity contribution is 9.10. The lowest BCUT2D eigenvalue weighted by atomic mass is 9.97. The lowest BCUT2D eigenvalue weighted by Crippen LogP contribution is -2.19. The predicted octanol–water partition coefficient (Wildman–Crippen LogP) is 5.05. The van der Waals surface area contributed by atoms with Crippen LogP contribution in [0.25, 0.3) is 0 Å². The van der Waals surface area contributed by atoms with Crippen molar-refractivity contribution in [3.05, 3.63) is 68.4 Å². The van der Waals surface area contributed by atoms with Crippen molar-refractivity contribution in [2.24, 2.45) is 0 Å².